The third kappa shape index (κ3) is 15.0. The van der Waals surface area contributed by atoms with E-state index in [1.54, 1.807) is 62.4 Å². The smallest absolute Gasteiger partial charge is 0.504 e. The molecule has 8 heterocycles. The molecule has 0 bridgehead atoms. The van der Waals surface area contributed by atoms with Crippen LogP contribution in [0.3, 0.4) is 0 Å². The standard InChI is InChI=1S/C36H35NO17.C29H32O13.C7H4ClNO4/c1-15-46-13-26-33(50-15)29(39)30(40)35(52-26)53-32-21-10-24-23(48-14-49-24)9-20(21)27(28-22(32)12-47-34(28)41)16-7-17(11-38)31(25(8-16)45-2)54-36(42)51-19-5-3-18(4-6-19)37(43)44;1-11-36-9-20-27(40-11)24(32)25(33)29(41-20)42-26-15-6-18-17(38-10-39-18)5-14(15)21(22-16(26)8-37-28(22)34)12-3-13(7-30)23(31)19(4-12)35-2;8-7(10)13-6-3-1-5(2-4-6)9(11)12/h3-10,15,22,26-30,32-33,35,38-40H,11-14H2,1-2H3;3-6,11,16,20-22,24-27,29-33H,7-10H2,1-2H3;1-4H/t15?,22-,26?,27+,28-,29?,30?,32+,33?,35?;11?,16-,20?,21+,22-,24?,25?,26+,27?,29?;/m00./s1. The number of ether oxygens (including phenoxy) is 19. The minimum atomic E-state index is -1.51. The average Bonchev–Trinajstić information content (AvgIpc) is 1.68. The molecule has 0 amide bonds. The summed E-state index contributed by atoms with van der Waals surface area (Å²) in [4.78, 5) is 70.2. The van der Waals surface area contributed by atoms with Gasteiger partial charge in [0.05, 0.1) is 87.8 Å². The van der Waals surface area contributed by atoms with Gasteiger partial charge >= 0.3 is 23.5 Å². The van der Waals surface area contributed by atoms with Crippen LogP contribution < -0.4 is 42.6 Å². The SMILES string of the molecule is COc1cc([C@@H]2c3cc4c(cc3[C@@H](OC3OC5COC(C)OC5C(O)C3O)[C@H]3COC(=O)[C@H]23)OCO4)cc(CO)c1O.COc1cc([C@@H]2c3cc4c(cc3[C@@H](OC3OC5COC(C)OC5C(O)C3O)[C@H]3COC(=O)[C@H]23)OCO4)cc(CO)c1OC(=O)Oc1ccc([N+](=O)[O-])cc1.O=C(Cl)Oc1ccc([N+](=O)[O-])cc1. The number of halogens is 1. The molecule has 0 saturated carbocycles. The van der Waals surface area contributed by atoms with Gasteiger partial charge in [0.1, 0.15) is 60.3 Å². The molecule has 6 aromatic rings. The summed E-state index contributed by atoms with van der Waals surface area (Å²) in [7, 11) is 2.73. The van der Waals surface area contributed by atoms with E-state index in [-0.39, 0.29) is 97.0 Å². The molecule has 20 atom stereocenters. The van der Waals surface area contributed by atoms with Gasteiger partial charge in [-0.3, -0.25) is 29.8 Å². The first kappa shape index (κ1) is 75.9. The summed E-state index contributed by atoms with van der Waals surface area (Å²) in [6.45, 7) is 2.47. The topological polar surface area (TPSA) is 472 Å². The zero-order chi connectivity index (χ0) is 77.0. The van der Waals surface area contributed by atoms with Gasteiger partial charge in [-0.1, -0.05) is 0 Å². The molecular formula is C72H71ClN2O34. The minimum Gasteiger partial charge on any atom is -0.504 e. The van der Waals surface area contributed by atoms with Crippen LogP contribution >= 0.6 is 11.6 Å². The number of hydrogen-bond donors (Lipinski definition) is 7. The summed E-state index contributed by atoms with van der Waals surface area (Å²) in [5, 5.41) is 96.3. The maximum absolute atomic E-state index is 13.7. The van der Waals surface area contributed by atoms with Gasteiger partial charge in [0.15, 0.2) is 71.2 Å². The van der Waals surface area contributed by atoms with Crippen molar-refractivity contribution in [1.29, 1.82) is 0 Å². The second-order valence-electron chi connectivity index (χ2n) is 26.5. The Morgan fingerprint density at radius 2 is 0.936 bits per heavy atom. The Hall–Kier alpha value is -9.87. The number of fused-ring (bicyclic) bond motifs is 8. The van der Waals surface area contributed by atoms with Crippen LogP contribution in [-0.4, -0.2) is 197 Å². The molecule has 6 aromatic carbocycles. The summed E-state index contributed by atoms with van der Waals surface area (Å²) in [6, 6.07) is 23.2. The van der Waals surface area contributed by atoms with Gasteiger partial charge in [0.25, 0.3) is 11.4 Å². The summed E-state index contributed by atoms with van der Waals surface area (Å²) in [5.74, 6) is -3.37. The molecule has 2 aliphatic carbocycles. The Balaban J connectivity index is 0.000000159. The van der Waals surface area contributed by atoms with Crippen molar-refractivity contribution in [3.05, 3.63) is 162 Å². The van der Waals surface area contributed by atoms with Gasteiger partial charge in [0, 0.05) is 70.7 Å². The molecule has 0 radical (unpaired) electrons. The monoisotopic (exact) mass is 1540 g/mol. The van der Waals surface area contributed by atoms with E-state index in [9.17, 15) is 75.2 Å². The van der Waals surface area contributed by atoms with Crippen LogP contribution in [0.4, 0.5) is 21.0 Å². The van der Waals surface area contributed by atoms with Crippen molar-refractivity contribution in [2.75, 3.05) is 54.2 Å². The van der Waals surface area contributed by atoms with Gasteiger partial charge in [-0.25, -0.2) is 9.59 Å². The van der Waals surface area contributed by atoms with Gasteiger partial charge in [-0.05, 0) is 120 Å². The van der Waals surface area contributed by atoms with Crippen molar-refractivity contribution in [3.63, 3.8) is 0 Å². The minimum absolute atomic E-state index is 0.0170. The van der Waals surface area contributed by atoms with Gasteiger partial charge < -0.3 is 126 Å². The normalized spacial score (nSPS) is 30.4. The van der Waals surface area contributed by atoms with Crippen LogP contribution in [-0.2, 0) is 70.2 Å². The lowest BCUT2D eigenvalue weighted by molar-refractivity contribution is -0.385. The van der Waals surface area contributed by atoms with E-state index in [0.29, 0.717) is 56.4 Å². The van der Waals surface area contributed by atoms with Crippen molar-refractivity contribution in [3.8, 4) is 57.5 Å². The van der Waals surface area contributed by atoms with Crippen LogP contribution in [0.25, 0.3) is 0 Å². The number of esters is 2. The van der Waals surface area contributed by atoms with E-state index in [2.05, 4.69) is 4.74 Å². The number of methoxy groups -OCH3 is 2. The lowest BCUT2D eigenvalue weighted by Gasteiger charge is -2.47. The first-order chi connectivity index (χ1) is 52.4. The number of carbonyl (C=O) groups is 4. The number of aliphatic hydroxyl groups excluding tert-OH is 6. The van der Waals surface area contributed by atoms with E-state index in [4.69, 9.17) is 96.9 Å². The highest BCUT2D eigenvalue weighted by molar-refractivity contribution is 6.61. The van der Waals surface area contributed by atoms with Gasteiger partial charge in [-0.15, -0.1) is 0 Å². The molecule has 8 aliphatic heterocycles. The highest BCUT2D eigenvalue weighted by Crippen LogP contribution is 2.59. The Bertz CT molecular complexity index is 4400. The summed E-state index contributed by atoms with van der Waals surface area (Å²) < 4.78 is 108. The van der Waals surface area contributed by atoms with E-state index in [0.717, 1.165) is 12.1 Å². The Labute approximate surface area is 621 Å². The van der Waals surface area contributed by atoms with Crippen molar-refractivity contribution in [2.45, 2.75) is 125 Å². The molecule has 10 aliphatic rings. The van der Waals surface area contributed by atoms with E-state index < -0.39 is 168 Å². The number of non-ortho nitro benzene ring substituents is 2. The molecule has 6 saturated heterocycles. The van der Waals surface area contributed by atoms with Crippen LogP contribution in [0.2, 0.25) is 0 Å². The number of aliphatic hydroxyl groups is 6. The van der Waals surface area contributed by atoms with Gasteiger partial charge in [-0.2, -0.15) is 0 Å². The fourth-order valence-electron chi connectivity index (χ4n) is 15.2. The predicted octanol–water partition coefficient (Wildman–Crippen LogP) is 5.76. The first-order valence-electron chi connectivity index (χ1n) is 34.1. The number of aromatic hydroxyl groups is 1. The Morgan fingerprint density at radius 3 is 1.35 bits per heavy atom. The number of hydrogen-bond acceptors (Lipinski definition) is 34. The van der Waals surface area contributed by atoms with E-state index >= 15 is 0 Å². The van der Waals surface area contributed by atoms with Crippen LogP contribution in [0, 0.1) is 43.9 Å². The zero-order valence-corrected chi connectivity index (χ0v) is 58.6. The van der Waals surface area contributed by atoms with Crippen molar-refractivity contribution in [2.24, 2.45) is 23.7 Å². The molecule has 580 valence electrons. The summed E-state index contributed by atoms with van der Waals surface area (Å²) in [6.07, 6.45) is -15.4. The van der Waals surface area contributed by atoms with Gasteiger partial charge in [0.2, 0.25) is 13.6 Å². The lowest BCUT2D eigenvalue weighted by atomic mass is 9.66. The Kier molecular flexibility index (Phi) is 22.0. The molecule has 6 fully saturated rings. The maximum Gasteiger partial charge on any atom is 0.519 e. The number of nitrogens with zero attached hydrogens (tertiary/aromatic N) is 2. The number of benzene rings is 6. The molecule has 109 heavy (non-hydrogen) atoms. The van der Waals surface area contributed by atoms with Crippen molar-refractivity contribution < 1.29 is 155 Å². The average molecular weight is 1540 g/mol. The molecule has 16 rings (SSSR count). The predicted molar refractivity (Wildman–Crippen MR) is 358 cm³/mol. The van der Waals surface area contributed by atoms with E-state index in [1.807, 2.05) is 0 Å². The third-order valence-corrected chi connectivity index (χ3v) is 20.4. The number of cyclic esters (lactones) is 2. The van der Waals surface area contributed by atoms with Crippen molar-refractivity contribution in [1.82, 2.24) is 0 Å². The maximum atomic E-state index is 13.7. The summed E-state index contributed by atoms with van der Waals surface area (Å²) >= 11 is 4.92. The lowest BCUT2D eigenvalue weighted by Crippen LogP contribution is -2.63. The number of carbonyl (C=O) groups excluding carboxylic acids is 4. The van der Waals surface area contributed by atoms with Crippen molar-refractivity contribution >= 4 is 46.5 Å². The highest BCUT2D eigenvalue weighted by Gasteiger charge is 2.59. The fraction of sp³-hybridized carbons (Fsp3) is 0.444. The Morgan fingerprint density at radius 1 is 0.523 bits per heavy atom. The molecule has 0 aromatic heterocycles. The molecule has 0 spiro atoms. The summed E-state index contributed by atoms with van der Waals surface area (Å²) in [5.41, 5.74) is 2.65. The van der Waals surface area contributed by atoms with Crippen LogP contribution in [0.5, 0.6) is 57.5 Å². The van der Waals surface area contributed by atoms with Crippen LogP contribution in [0.15, 0.2) is 97.1 Å². The highest BCUT2D eigenvalue weighted by atomic mass is 35.5. The number of phenols is 1. The van der Waals surface area contributed by atoms with E-state index in [1.165, 1.54) is 50.6 Å². The molecular weight excluding hydrogens is 1470 g/mol. The third-order valence-electron chi connectivity index (χ3n) is 20.3. The second kappa shape index (κ2) is 31.6. The molecule has 36 nitrogen and oxygen atoms in total. The zero-order valence-electron chi connectivity index (χ0n) is 57.9. The molecule has 12 unspecified atom stereocenters. The fourth-order valence-corrected chi connectivity index (χ4v) is 15.3. The first-order valence-corrected chi connectivity index (χ1v) is 34.5. The van der Waals surface area contributed by atoms with Crippen LogP contribution in [0.1, 0.15) is 82.4 Å². The number of nitro groups is 2. The second-order valence-corrected chi connectivity index (χ2v) is 26.8. The quantitative estimate of drug-likeness (QED) is 0.0211. The number of rotatable bonds is 15. The molecule has 37 heteroatoms. The molecule has 7 N–H and O–H groups in total. The largest absolute Gasteiger partial charge is 0.519 e. The number of nitro benzene ring substituents is 2.